The Bertz CT molecular complexity index is 2020. The molecule has 1 heterocycles. The van der Waals surface area contributed by atoms with Gasteiger partial charge in [-0.05, 0) is 51.4 Å². The number of hydrogen-bond acceptors (Lipinski definition) is 15. The first-order valence-corrected chi connectivity index (χ1v) is 22.8. The van der Waals surface area contributed by atoms with E-state index in [9.17, 15) is 63.0 Å². The summed E-state index contributed by atoms with van der Waals surface area (Å²) >= 11 is 4.02. The van der Waals surface area contributed by atoms with Crippen LogP contribution in [0.4, 0.5) is 0 Å². The molecule has 9 amide bonds. The molecule has 0 saturated heterocycles. The number of aromatic nitrogens is 2. The maximum Gasteiger partial charge on any atom is 0.325 e. The lowest BCUT2D eigenvalue weighted by atomic mass is 9.99. The van der Waals surface area contributed by atoms with Crippen LogP contribution in [-0.2, 0) is 59.2 Å². The Morgan fingerprint density at radius 3 is 1.69 bits per heavy atom. The van der Waals surface area contributed by atoms with Crippen molar-refractivity contribution in [1.29, 1.82) is 0 Å². The number of rotatable bonds is 32. The second-order valence-electron chi connectivity index (χ2n) is 17.1. The fourth-order valence-electron chi connectivity index (χ4n) is 6.26. The molecule has 29 heteroatoms. The molecule has 0 spiro atoms. The first kappa shape index (κ1) is 61.0. The Morgan fingerprint density at radius 1 is 0.657 bits per heavy atom. The van der Waals surface area contributed by atoms with E-state index < -0.39 is 145 Å². The van der Waals surface area contributed by atoms with Gasteiger partial charge >= 0.3 is 11.9 Å². The van der Waals surface area contributed by atoms with Gasteiger partial charge in [0.05, 0.1) is 18.8 Å². The maximum atomic E-state index is 14.0. The van der Waals surface area contributed by atoms with E-state index in [1.54, 1.807) is 27.7 Å². The molecule has 70 heavy (non-hydrogen) atoms. The van der Waals surface area contributed by atoms with E-state index in [0.717, 1.165) is 0 Å². The standard InChI is InChI=1S/C41H69N15O13S/c1-18(2)12-26(54-33(61)23(42)16-70)38(66)56-31(19(3)4)39(67)52-25(9-10-30(58)59)35(63)51-24(8-7-11-47-41(44)45)34(62)55-28(14-29(43)57)37(65)49-20(5)32(60)53-27(13-22-15-46-17-48-22)36(64)50-21(6)40(68)69/h15,17-21,23-28,31,70H,7-14,16,42H2,1-6H3,(H2,43,57)(H,46,48)(H,49,65)(H,50,64)(H,51,63)(H,52,67)(H,53,60)(H,54,61)(H,55,62)(H,56,66)(H,58,59)(H,68,69)(H4,44,45,47)/t20-,21-,23-,24-,25-,26-,27-,28-,31-/m0/s1. The minimum atomic E-state index is -1.78. The first-order chi connectivity index (χ1) is 32.7. The van der Waals surface area contributed by atoms with Crippen LogP contribution < -0.4 is 65.5 Å². The highest BCUT2D eigenvalue weighted by molar-refractivity contribution is 7.80. The number of nitrogens with zero attached hydrogens (tertiary/aromatic N) is 2. The molecule has 28 nitrogen and oxygen atoms in total. The van der Waals surface area contributed by atoms with E-state index in [-0.39, 0.29) is 49.9 Å². The molecule has 392 valence electrons. The van der Waals surface area contributed by atoms with Gasteiger partial charge in [-0.25, -0.2) is 4.98 Å². The Hall–Kier alpha value is -7.04. The fourth-order valence-corrected chi connectivity index (χ4v) is 6.42. The zero-order valence-corrected chi connectivity index (χ0v) is 40.8. The summed E-state index contributed by atoms with van der Waals surface area (Å²) in [5.74, 6) is -12.3. The summed E-state index contributed by atoms with van der Waals surface area (Å²) in [5, 5.41) is 38.1. The lowest BCUT2D eigenvalue weighted by molar-refractivity contribution is -0.142. The second-order valence-corrected chi connectivity index (χ2v) is 17.5. The number of nitrogens with two attached hydrogens (primary N) is 4. The molecule has 1 aromatic heterocycles. The van der Waals surface area contributed by atoms with E-state index in [2.05, 4.69) is 70.1 Å². The Balaban J connectivity index is 3.43. The van der Waals surface area contributed by atoms with Crippen LogP contribution in [0.1, 0.15) is 85.8 Å². The van der Waals surface area contributed by atoms with Gasteiger partial charge in [-0.1, -0.05) is 27.7 Å². The molecule has 0 aliphatic carbocycles. The zero-order chi connectivity index (χ0) is 53.4. The molecule has 1 aromatic rings. The average molecular weight is 1010 g/mol. The zero-order valence-electron chi connectivity index (χ0n) is 39.9. The molecule has 0 unspecified atom stereocenters. The number of amides is 9. The van der Waals surface area contributed by atoms with Crippen molar-refractivity contribution in [3.05, 3.63) is 18.2 Å². The molecule has 9 atom stereocenters. The second kappa shape index (κ2) is 30.4. The number of imidazole rings is 1. The van der Waals surface area contributed by atoms with Crippen molar-refractivity contribution in [3.63, 3.8) is 0 Å². The topological polar surface area (TPSA) is 470 Å². The third-order valence-electron chi connectivity index (χ3n) is 10.1. The number of H-pyrrole nitrogens is 1. The van der Waals surface area contributed by atoms with Crippen LogP contribution in [0, 0.1) is 11.8 Å². The van der Waals surface area contributed by atoms with Crippen LogP contribution in [0.25, 0.3) is 0 Å². The van der Waals surface area contributed by atoms with Gasteiger partial charge in [0, 0.05) is 37.0 Å². The number of aromatic amines is 1. The summed E-state index contributed by atoms with van der Waals surface area (Å²) in [6.45, 7) is 9.10. The minimum absolute atomic E-state index is 0.0132. The van der Waals surface area contributed by atoms with Crippen molar-refractivity contribution in [3.8, 4) is 0 Å². The van der Waals surface area contributed by atoms with Gasteiger partial charge in [-0.15, -0.1) is 0 Å². The van der Waals surface area contributed by atoms with Crippen molar-refractivity contribution >= 4 is 83.7 Å². The summed E-state index contributed by atoms with van der Waals surface area (Å²) in [4.78, 5) is 154. The summed E-state index contributed by atoms with van der Waals surface area (Å²) in [6, 6.07) is -12.7. The van der Waals surface area contributed by atoms with Crippen LogP contribution in [0.5, 0.6) is 0 Å². The maximum absolute atomic E-state index is 14.0. The Kier molecular flexibility index (Phi) is 26.5. The number of carboxylic acids is 2. The van der Waals surface area contributed by atoms with Crippen molar-refractivity contribution in [2.24, 2.45) is 39.8 Å². The average Bonchev–Trinajstić information content (AvgIpc) is 3.79. The van der Waals surface area contributed by atoms with Crippen LogP contribution >= 0.6 is 12.6 Å². The predicted octanol–water partition coefficient (Wildman–Crippen LogP) is -5.29. The minimum Gasteiger partial charge on any atom is -0.481 e. The Morgan fingerprint density at radius 2 is 1.17 bits per heavy atom. The van der Waals surface area contributed by atoms with Gasteiger partial charge in [0.15, 0.2) is 5.96 Å². The summed E-state index contributed by atoms with van der Waals surface area (Å²) in [5.41, 5.74) is 22.4. The van der Waals surface area contributed by atoms with Crippen molar-refractivity contribution in [2.45, 2.75) is 141 Å². The monoisotopic (exact) mass is 1010 g/mol. The molecule has 19 N–H and O–H groups in total. The number of carboxylic acid groups (broad SMARTS) is 2. The molecular formula is C41H69N15O13S. The van der Waals surface area contributed by atoms with Gasteiger partial charge in [-0.2, -0.15) is 12.6 Å². The normalized spacial score (nSPS) is 14.9. The number of primary amides is 1. The van der Waals surface area contributed by atoms with E-state index in [0.29, 0.717) is 5.69 Å². The molecule has 0 aromatic carbocycles. The van der Waals surface area contributed by atoms with Gasteiger partial charge in [-0.3, -0.25) is 57.7 Å². The van der Waals surface area contributed by atoms with Gasteiger partial charge in [0.2, 0.25) is 53.2 Å². The molecule has 0 saturated carbocycles. The molecule has 0 bridgehead atoms. The quantitative estimate of drug-likeness (QED) is 0.0139. The largest absolute Gasteiger partial charge is 0.481 e. The summed E-state index contributed by atoms with van der Waals surface area (Å²) in [6.07, 6.45) is 0.407. The SMILES string of the molecule is CC(C)C[C@H](NC(=O)[C@@H](N)CS)C(=O)N[C@H](C(=O)N[C@@H](CCC(=O)O)C(=O)N[C@@H](CCCN=C(N)N)C(=O)N[C@@H](CC(N)=O)C(=O)N[C@@H](C)C(=O)N[C@@H](Cc1cnc[nH]1)C(=O)N[C@@H](C)C(=O)O)C(C)C. The van der Waals surface area contributed by atoms with E-state index in [1.165, 1.54) is 26.4 Å². The lowest BCUT2D eigenvalue weighted by Crippen LogP contribution is -2.61. The number of guanidine groups is 1. The number of carbonyl (C=O) groups excluding carboxylic acids is 9. The number of hydrogen-bond donors (Lipinski definition) is 16. The van der Waals surface area contributed by atoms with Crippen LogP contribution in [-0.4, -0.2) is 158 Å². The van der Waals surface area contributed by atoms with E-state index >= 15 is 0 Å². The smallest absolute Gasteiger partial charge is 0.325 e. The first-order valence-electron chi connectivity index (χ1n) is 22.2. The highest BCUT2D eigenvalue weighted by atomic mass is 32.1. The van der Waals surface area contributed by atoms with Crippen molar-refractivity contribution in [1.82, 2.24) is 52.5 Å². The molecular weight excluding hydrogens is 943 g/mol. The molecule has 1 rings (SSSR count). The highest BCUT2D eigenvalue weighted by Gasteiger charge is 2.35. The summed E-state index contributed by atoms with van der Waals surface area (Å²) in [7, 11) is 0. The number of nitrogens with one attached hydrogen (secondary N) is 9. The van der Waals surface area contributed by atoms with E-state index in [1.807, 2.05) is 0 Å². The lowest BCUT2D eigenvalue weighted by Gasteiger charge is -2.29. The van der Waals surface area contributed by atoms with Crippen molar-refractivity contribution < 1.29 is 63.0 Å². The van der Waals surface area contributed by atoms with Gasteiger partial charge in [0.1, 0.15) is 48.3 Å². The summed E-state index contributed by atoms with van der Waals surface area (Å²) < 4.78 is 0. The fraction of sp³-hybridized carbons (Fsp3) is 0.634. The third-order valence-corrected chi connectivity index (χ3v) is 10.5. The molecule has 0 aliphatic heterocycles. The number of aliphatic carboxylic acids is 2. The Labute approximate surface area is 409 Å². The van der Waals surface area contributed by atoms with Crippen LogP contribution in [0.3, 0.4) is 0 Å². The number of carbonyl (C=O) groups is 11. The van der Waals surface area contributed by atoms with Crippen molar-refractivity contribution in [2.75, 3.05) is 12.3 Å². The van der Waals surface area contributed by atoms with Crippen LogP contribution in [0.15, 0.2) is 17.5 Å². The van der Waals surface area contributed by atoms with Gasteiger partial charge < -0.3 is 80.7 Å². The highest BCUT2D eigenvalue weighted by Crippen LogP contribution is 2.11. The molecule has 0 aliphatic rings. The predicted molar refractivity (Wildman–Crippen MR) is 253 cm³/mol. The number of thiol groups is 1. The van der Waals surface area contributed by atoms with E-state index in [4.69, 9.17) is 22.9 Å². The molecule has 0 radical (unpaired) electrons. The van der Waals surface area contributed by atoms with Gasteiger partial charge in [0.25, 0.3) is 0 Å². The number of aliphatic imine (C=N–C) groups is 1. The molecule has 0 fully saturated rings. The van der Waals surface area contributed by atoms with Crippen LogP contribution in [0.2, 0.25) is 0 Å². The third kappa shape index (κ3) is 22.8.